The van der Waals surface area contributed by atoms with Crippen molar-refractivity contribution in [1.82, 2.24) is 15.0 Å². The Hall–Kier alpha value is -0.650. The lowest BCUT2D eigenvalue weighted by molar-refractivity contribution is 0.139. The van der Waals surface area contributed by atoms with E-state index in [4.69, 9.17) is 10.3 Å². The van der Waals surface area contributed by atoms with Crippen LogP contribution in [-0.4, -0.2) is 34.2 Å². The number of rotatable bonds is 3. The molecule has 0 bridgehead atoms. The van der Waals surface area contributed by atoms with Gasteiger partial charge in [-0.2, -0.15) is 4.98 Å². The highest BCUT2D eigenvalue weighted by atomic mass is 35.5. The molecule has 1 saturated heterocycles. The summed E-state index contributed by atoms with van der Waals surface area (Å²) < 4.78 is 5.36. The van der Waals surface area contributed by atoms with Crippen molar-refractivity contribution in [3.05, 3.63) is 11.7 Å². The van der Waals surface area contributed by atoms with Crippen LogP contribution in [0.1, 0.15) is 52.3 Å². The van der Waals surface area contributed by atoms with E-state index in [2.05, 4.69) is 42.7 Å². The number of likely N-dealkylation sites (tertiary alicyclic amines) is 1. The second-order valence-electron chi connectivity index (χ2n) is 6.76. The first kappa shape index (κ1) is 17.4. The minimum Gasteiger partial charge on any atom is -0.338 e. The van der Waals surface area contributed by atoms with Crippen LogP contribution in [0, 0.1) is 5.92 Å². The maximum Gasteiger partial charge on any atom is 0.240 e. The van der Waals surface area contributed by atoms with E-state index in [1.165, 1.54) is 12.8 Å². The number of nitrogens with two attached hydrogens (primary N) is 1. The van der Waals surface area contributed by atoms with Gasteiger partial charge in [0.15, 0.2) is 5.82 Å². The van der Waals surface area contributed by atoms with Crippen LogP contribution in [0.2, 0.25) is 0 Å². The molecule has 1 aromatic heterocycles. The van der Waals surface area contributed by atoms with Gasteiger partial charge in [-0.15, -0.1) is 12.4 Å². The Morgan fingerprint density at radius 2 is 2.15 bits per heavy atom. The molecule has 0 aliphatic carbocycles. The maximum absolute atomic E-state index is 6.01. The molecule has 0 radical (unpaired) electrons. The molecule has 20 heavy (non-hydrogen) atoms. The summed E-state index contributed by atoms with van der Waals surface area (Å²) in [6, 6.07) is 0.260. The lowest BCUT2D eigenvalue weighted by Crippen LogP contribution is -2.42. The summed E-state index contributed by atoms with van der Waals surface area (Å²) >= 11 is 0. The molecular weight excluding hydrogens is 276 g/mol. The molecule has 1 aliphatic heterocycles. The molecule has 116 valence electrons. The number of halogens is 1. The van der Waals surface area contributed by atoms with Crippen LogP contribution in [0.5, 0.6) is 0 Å². The van der Waals surface area contributed by atoms with Crippen molar-refractivity contribution in [2.24, 2.45) is 11.7 Å². The second kappa shape index (κ2) is 6.87. The smallest absolute Gasteiger partial charge is 0.240 e. The Balaban J connectivity index is 0.00000200. The highest BCUT2D eigenvalue weighted by Gasteiger charge is 2.25. The van der Waals surface area contributed by atoms with Gasteiger partial charge in [0.2, 0.25) is 5.89 Å². The number of aromatic nitrogens is 2. The average molecular weight is 303 g/mol. The first-order valence-electron chi connectivity index (χ1n) is 7.17. The molecule has 2 N–H and O–H groups in total. The summed E-state index contributed by atoms with van der Waals surface area (Å²) in [4.78, 5) is 6.87. The second-order valence-corrected chi connectivity index (χ2v) is 6.76. The van der Waals surface area contributed by atoms with Gasteiger partial charge in [0.25, 0.3) is 0 Å². The van der Waals surface area contributed by atoms with E-state index in [9.17, 15) is 0 Å². The van der Waals surface area contributed by atoms with Crippen molar-refractivity contribution in [1.29, 1.82) is 0 Å². The number of hydrogen-bond acceptors (Lipinski definition) is 5. The van der Waals surface area contributed by atoms with Crippen molar-refractivity contribution >= 4 is 12.4 Å². The third kappa shape index (κ3) is 4.43. The molecule has 1 fully saturated rings. The van der Waals surface area contributed by atoms with Crippen LogP contribution in [0.3, 0.4) is 0 Å². The summed E-state index contributed by atoms with van der Waals surface area (Å²) in [5.41, 5.74) is 5.95. The monoisotopic (exact) mass is 302 g/mol. The van der Waals surface area contributed by atoms with E-state index in [-0.39, 0.29) is 23.9 Å². The summed E-state index contributed by atoms with van der Waals surface area (Å²) in [6.07, 6.45) is 2.43. The minimum atomic E-state index is -0.0576. The predicted molar refractivity (Wildman–Crippen MR) is 81.9 cm³/mol. The average Bonchev–Trinajstić information content (AvgIpc) is 2.77. The molecule has 2 heterocycles. The van der Waals surface area contributed by atoms with Crippen LogP contribution < -0.4 is 5.73 Å². The number of hydrogen-bond donors (Lipinski definition) is 1. The van der Waals surface area contributed by atoms with Crippen LogP contribution in [0.15, 0.2) is 4.52 Å². The standard InChI is InChI=1S/C14H26N4O.ClH/c1-10(15)11-6-5-7-18(8-11)9-12-16-13(17-19-12)14(2,3)4;/h10-11H,5-9,15H2,1-4H3;1H. The minimum absolute atomic E-state index is 0. The third-order valence-electron chi connectivity index (χ3n) is 3.78. The molecule has 1 aromatic rings. The first-order valence-corrected chi connectivity index (χ1v) is 7.17. The molecule has 0 amide bonds. The quantitative estimate of drug-likeness (QED) is 0.928. The van der Waals surface area contributed by atoms with Gasteiger partial charge in [-0.3, -0.25) is 4.90 Å². The van der Waals surface area contributed by atoms with Gasteiger partial charge in [-0.1, -0.05) is 25.9 Å². The van der Waals surface area contributed by atoms with Crippen molar-refractivity contribution < 1.29 is 4.52 Å². The van der Waals surface area contributed by atoms with Gasteiger partial charge in [-0.25, -0.2) is 0 Å². The Morgan fingerprint density at radius 1 is 1.45 bits per heavy atom. The molecular formula is C14H27ClN4O. The van der Waals surface area contributed by atoms with Crippen LogP contribution >= 0.6 is 12.4 Å². The van der Waals surface area contributed by atoms with E-state index >= 15 is 0 Å². The third-order valence-corrected chi connectivity index (χ3v) is 3.78. The van der Waals surface area contributed by atoms with E-state index in [0.29, 0.717) is 5.92 Å². The van der Waals surface area contributed by atoms with Crippen molar-refractivity contribution in [2.45, 2.75) is 58.5 Å². The van der Waals surface area contributed by atoms with Crippen LogP contribution in [0.4, 0.5) is 0 Å². The summed E-state index contributed by atoms with van der Waals surface area (Å²) in [5.74, 6) is 2.08. The maximum atomic E-state index is 6.01. The topological polar surface area (TPSA) is 68.2 Å². The summed E-state index contributed by atoms with van der Waals surface area (Å²) in [7, 11) is 0. The zero-order valence-electron chi connectivity index (χ0n) is 12.9. The number of nitrogens with zero attached hydrogens (tertiary/aromatic N) is 3. The summed E-state index contributed by atoms with van der Waals surface area (Å²) in [6.45, 7) is 11.2. The zero-order valence-corrected chi connectivity index (χ0v) is 13.7. The molecule has 0 spiro atoms. The molecule has 0 aromatic carbocycles. The highest BCUT2D eigenvalue weighted by Crippen LogP contribution is 2.22. The zero-order chi connectivity index (χ0) is 14.0. The highest BCUT2D eigenvalue weighted by molar-refractivity contribution is 5.85. The molecule has 2 unspecified atom stereocenters. The van der Waals surface area contributed by atoms with Gasteiger partial charge < -0.3 is 10.3 Å². The van der Waals surface area contributed by atoms with Gasteiger partial charge in [0, 0.05) is 18.0 Å². The molecule has 1 aliphatic rings. The van der Waals surface area contributed by atoms with Gasteiger partial charge in [0.1, 0.15) is 0 Å². The lowest BCUT2D eigenvalue weighted by atomic mass is 9.92. The molecule has 6 heteroatoms. The van der Waals surface area contributed by atoms with Crippen molar-refractivity contribution in [3.8, 4) is 0 Å². The van der Waals surface area contributed by atoms with Gasteiger partial charge in [-0.05, 0) is 32.2 Å². The SMILES string of the molecule is CC(N)C1CCCN(Cc2nc(C(C)(C)C)no2)C1.Cl. The lowest BCUT2D eigenvalue weighted by Gasteiger charge is -2.33. The Bertz CT molecular complexity index is 414. The van der Waals surface area contributed by atoms with Crippen LogP contribution in [0.25, 0.3) is 0 Å². The Labute approximate surface area is 127 Å². The first-order chi connectivity index (χ1) is 8.86. The fraction of sp³-hybridized carbons (Fsp3) is 0.857. The predicted octanol–water partition coefficient (Wildman–Crippen LogP) is 2.35. The fourth-order valence-corrected chi connectivity index (χ4v) is 2.48. The van der Waals surface area contributed by atoms with Gasteiger partial charge >= 0.3 is 0 Å². The van der Waals surface area contributed by atoms with Crippen molar-refractivity contribution in [3.63, 3.8) is 0 Å². The largest absolute Gasteiger partial charge is 0.338 e. The Morgan fingerprint density at radius 3 is 2.70 bits per heavy atom. The Kier molecular flexibility index (Phi) is 5.98. The van der Waals surface area contributed by atoms with E-state index < -0.39 is 0 Å². The van der Waals surface area contributed by atoms with E-state index in [0.717, 1.165) is 31.3 Å². The number of piperidine rings is 1. The molecule has 0 saturated carbocycles. The van der Waals surface area contributed by atoms with E-state index in [1.54, 1.807) is 0 Å². The normalized spacial score (nSPS) is 22.4. The molecule has 5 nitrogen and oxygen atoms in total. The van der Waals surface area contributed by atoms with Crippen LogP contribution in [-0.2, 0) is 12.0 Å². The summed E-state index contributed by atoms with van der Waals surface area (Å²) in [5, 5.41) is 4.07. The molecule has 2 atom stereocenters. The van der Waals surface area contributed by atoms with E-state index in [1.807, 2.05) is 0 Å². The molecule has 2 rings (SSSR count). The fourth-order valence-electron chi connectivity index (χ4n) is 2.48. The van der Waals surface area contributed by atoms with Gasteiger partial charge in [0.05, 0.1) is 6.54 Å². The van der Waals surface area contributed by atoms with Crippen molar-refractivity contribution in [2.75, 3.05) is 13.1 Å².